The number of rotatable bonds is 4. The molecule has 0 spiro atoms. The van der Waals surface area contributed by atoms with Gasteiger partial charge in [0.25, 0.3) is 0 Å². The fraction of sp³-hybridized carbons (Fsp3) is 0.500. The minimum atomic E-state index is -0.984. The lowest BCUT2D eigenvalue weighted by atomic mass is 10.1. The molecule has 0 bridgehead atoms. The maximum atomic E-state index is 13.8. The Kier molecular flexibility index (Phi) is 4.30. The summed E-state index contributed by atoms with van der Waals surface area (Å²) in [6.07, 6.45) is -0.287. The molecule has 3 rings (SSSR count). The number of aliphatic carboxylic acids is 1. The van der Waals surface area contributed by atoms with E-state index in [1.54, 1.807) is 4.90 Å². The van der Waals surface area contributed by atoms with Crippen molar-refractivity contribution in [2.75, 3.05) is 19.7 Å². The zero-order chi connectivity index (χ0) is 16.6. The quantitative estimate of drug-likeness (QED) is 0.916. The first-order valence-electron chi connectivity index (χ1n) is 7.53. The molecule has 5 nitrogen and oxygen atoms in total. The number of ether oxygens (including phenoxy) is 1. The average Bonchev–Trinajstić information content (AvgIpc) is 3.26. The van der Waals surface area contributed by atoms with Gasteiger partial charge in [-0.2, -0.15) is 0 Å². The summed E-state index contributed by atoms with van der Waals surface area (Å²) in [7, 11) is 0. The summed E-state index contributed by atoms with van der Waals surface area (Å²) in [5, 5.41) is 8.80. The van der Waals surface area contributed by atoms with Crippen LogP contribution in [0.15, 0.2) is 18.2 Å². The molecule has 1 aliphatic carbocycles. The van der Waals surface area contributed by atoms with Crippen LogP contribution in [0.3, 0.4) is 0 Å². The first-order chi connectivity index (χ1) is 11.0. The molecule has 0 unspecified atom stereocenters. The lowest BCUT2D eigenvalue weighted by Crippen LogP contribution is -2.47. The topological polar surface area (TPSA) is 66.8 Å². The van der Waals surface area contributed by atoms with Crippen molar-refractivity contribution >= 4 is 11.9 Å². The molecule has 2 aliphatic rings. The van der Waals surface area contributed by atoms with Crippen LogP contribution in [0.4, 0.5) is 8.78 Å². The molecule has 1 aromatic carbocycles. The SMILES string of the molecule is O=C(O)C[C@@H]1CN(C(=O)[C@@H]2C[C@H]2c2c(F)cccc2F)CCO1. The zero-order valence-electron chi connectivity index (χ0n) is 12.4. The molecule has 3 atom stereocenters. The Morgan fingerprint density at radius 1 is 1.30 bits per heavy atom. The maximum absolute atomic E-state index is 13.8. The Labute approximate surface area is 131 Å². The number of hydrogen-bond donors (Lipinski definition) is 1. The molecule has 0 radical (unpaired) electrons. The van der Waals surface area contributed by atoms with Crippen molar-refractivity contribution in [3.05, 3.63) is 35.4 Å². The summed E-state index contributed by atoms with van der Waals surface area (Å²) in [4.78, 5) is 24.8. The Hall–Kier alpha value is -2.02. The van der Waals surface area contributed by atoms with Gasteiger partial charge in [-0.3, -0.25) is 9.59 Å². The number of carbonyl (C=O) groups excluding carboxylic acids is 1. The van der Waals surface area contributed by atoms with Gasteiger partial charge in [0, 0.05) is 30.5 Å². The summed E-state index contributed by atoms with van der Waals surface area (Å²) in [6, 6.07) is 3.68. The van der Waals surface area contributed by atoms with Gasteiger partial charge < -0.3 is 14.7 Å². The third kappa shape index (κ3) is 3.34. The van der Waals surface area contributed by atoms with Crippen LogP contribution in [0.1, 0.15) is 24.3 Å². The summed E-state index contributed by atoms with van der Waals surface area (Å²) in [5.41, 5.74) is -0.0267. The highest BCUT2D eigenvalue weighted by Gasteiger charge is 2.48. The highest BCUT2D eigenvalue weighted by Crippen LogP contribution is 2.50. The molecule has 1 aliphatic heterocycles. The van der Waals surface area contributed by atoms with Crippen molar-refractivity contribution in [1.82, 2.24) is 4.90 Å². The number of halogens is 2. The van der Waals surface area contributed by atoms with E-state index in [1.165, 1.54) is 18.2 Å². The monoisotopic (exact) mass is 325 g/mol. The van der Waals surface area contributed by atoms with Crippen LogP contribution in [0.2, 0.25) is 0 Å². The smallest absolute Gasteiger partial charge is 0.306 e. The molecule has 1 saturated heterocycles. The van der Waals surface area contributed by atoms with E-state index >= 15 is 0 Å². The Morgan fingerprint density at radius 2 is 2.00 bits per heavy atom. The van der Waals surface area contributed by atoms with Crippen LogP contribution < -0.4 is 0 Å². The van der Waals surface area contributed by atoms with Crippen molar-refractivity contribution in [3.8, 4) is 0 Å². The van der Waals surface area contributed by atoms with E-state index in [9.17, 15) is 18.4 Å². The van der Waals surface area contributed by atoms with E-state index in [4.69, 9.17) is 9.84 Å². The number of nitrogens with zero attached hydrogens (tertiary/aromatic N) is 1. The Morgan fingerprint density at radius 3 is 2.65 bits per heavy atom. The molecule has 1 amide bonds. The van der Waals surface area contributed by atoms with E-state index in [-0.39, 0.29) is 31.0 Å². The van der Waals surface area contributed by atoms with Crippen LogP contribution in [0.25, 0.3) is 0 Å². The fourth-order valence-electron chi connectivity index (χ4n) is 3.12. The van der Waals surface area contributed by atoms with Gasteiger partial charge >= 0.3 is 5.97 Å². The lowest BCUT2D eigenvalue weighted by molar-refractivity contribution is -0.148. The molecular formula is C16H17F2NO4. The minimum Gasteiger partial charge on any atom is -0.481 e. The van der Waals surface area contributed by atoms with Crippen LogP contribution in [0, 0.1) is 17.6 Å². The van der Waals surface area contributed by atoms with Gasteiger partial charge in [-0.15, -0.1) is 0 Å². The zero-order valence-corrected chi connectivity index (χ0v) is 12.4. The predicted molar refractivity (Wildman–Crippen MR) is 75.8 cm³/mol. The largest absolute Gasteiger partial charge is 0.481 e. The Bertz CT molecular complexity index is 616. The lowest BCUT2D eigenvalue weighted by Gasteiger charge is -2.32. The molecular weight excluding hydrogens is 308 g/mol. The predicted octanol–water partition coefficient (Wildman–Crippen LogP) is 1.77. The van der Waals surface area contributed by atoms with Crippen LogP contribution >= 0.6 is 0 Å². The fourth-order valence-corrected chi connectivity index (χ4v) is 3.12. The molecule has 2 fully saturated rings. The van der Waals surface area contributed by atoms with Gasteiger partial charge in [-0.25, -0.2) is 8.78 Å². The molecule has 0 aromatic heterocycles. The number of benzene rings is 1. The number of amides is 1. The van der Waals surface area contributed by atoms with Gasteiger partial charge in [-0.05, 0) is 18.6 Å². The first kappa shape index (κ1) is 15.9. The van der Waals surface area contributed by atoms with Crippen molar-refractivity contribution in [2.24, 2.45) is 5.92 Å². The second kappa shape index (κ2) is 6.23. The molecule has 1 N–H and O–H groups in total. The van der Waals surface area contributed by atoms with Crippen molar-refractivity contribution < 1.29 is 28.2 Å². The minimum absolute atomic E-state index is 0.0267. The second-order valence-electron chi connectivity index (χ2n) is 5.96. The Balaban J connectivity index is 1.65. The van der Waals surface area contributed by atoms with Gasteiger partial charge in [0.05, 0.1) is 19.1 Å². The highest BCUT2D eigenvalue weighted by atomic mass is 19.1. The molecule has 23 heavy (non-hydrogen) atoms. The van der Waals surface area contributed by atoms with E-state index in [0.717, 1.165) is 0 Å². The van der Waals surface area contributed by atoms with Gasteiger partial charge in [0.2, 0.25) is 5.91 Å². The summed E-state index contributed by atoms with van der Waals surface area (Å²) in [6.45, 7) is 0.848. The summed E-state index contributed by atoms with van der Waals surface area (Å²) >= 11 is 0. The number of hydrogen-bond acceptors (Lipinski definition) is 3. The maximum Gasteiger partial charge on any atom is 0.306 e. The van der Waals surface area contributed by atoms with Crippen molar-refractivity contribution in [2.45, 2.75) is 24.9 Å². The van der Waals surface area contributed by atoms with E-state index in [0.29, 0.717) is 13.0 Å². The number of carbonyl (C=O) groups is 2. The average molecular weight is 325 g/mol. The third-order valence-electron chi connectivity index (χ3n) is 4.33. The van der Waals surface area contributed by atoms with E-state index < -0.39 is 35.5 Å². The molecule has 1 aromatic rings. The number of morpholine rings is 1. The first-order valence-corrected chi connectivity index (χ1v) is 7.53. The summed E-state index contributed by atoms with van der Waals surface area (Å²) < 4.78 is 32.9. The van der Waals surface area contributed by atoms with Crippen LogP contribution in [0.5, 0.6) is 0 Å². The molecule has 1 heterocycles. The van der Waals surface area contributed by atoms with E-state index in [2.05, 4.69) is 0 Å². The van der Waals surface area contributed by atoms with Crippen molar-refractivity contribution in [1.29, 1.82) is 0 Å². The van der Waals surface area contributed by atoms with Crippen LogP contribution in [-0.4, -0.2) is 47.7 Å². The van der Waals surface area contributed by atoms with E-state index in [1.807, 2.05) is 0 Å². The summed E-state index contributed by atoms with van der Waals surface area (Å²) in [5.74, 6) is -3.31. The molecule has 7 heteroatoms. The van der Waals surface area contributed by atoms with Gasteiger partial charge in [-0.1, -0.05) is 6.07 Å². The third-order valence-corrected chi connectivity index (χ3v) is 4.33. The van der Waals surface area contributed by atoms with Gasteiger partial charge in [0.15, 0.2) is 0 Å². The standard InChI is InChI=1S/C16H17F2NO4/c17-12-2-1-3-13(18)15(12)10-7-11(10)16(22)19-4-5-23-9(8-19)6-14(20)21/h1-3,9-11H,4-8H2,(H,20,21)/t9-,10-,11-/m1/s1. The normalized spacial score (nSPS) is 26.9. The highest BCUT2D eigenvalue weighted by molar-refractivity contribution is 5.83. The second-order valence-corrected chi connectivity index (χ2v) is 5.96. The molecule has 1 saturated carbocycles. The van der Waals surface area contributed by atoms with Crippen LogP contribution in [-0.2, 0) is 14.3 Å². The molecule has 124 valence electrons. The number of carboxylic acids is 1. The van der Waals surface area contributed by atoms with Gasteiger partial charge in [0.1, 0.15) is 11.6 Å². The number of carboxylic acid groups (broad SMARTS) is 1. The van der Waals surface area contributed by atoms with Crippen molar-refractivity contribution in [3.63, 3.8) is 0 Å².